The summed E-state index contributed by atoms with van der Waals surface area (Å²) in [6.07, 6.45) is 1.42. The van der Waals surface area contributed by atoms with E-state index in [1.165, 1.54) is 18.0 Å². The van der Waals surface area contributed by atoms with E-state index in [2.05, 4.69) is 5.32 Å². The monoisotopic (exact) mass is 274 g/mol. The van der Waals surface area contributed by atoms with Crippen LogP contribution in [-0.2, 0) is 4.79 Å². The molecule has 0 fully saturated rings. The summed E-state index contributed by atoms with van der Waals surface area (Å²) in [5.74, 6) is 0.0868. The molecule has 5 heteroatoms. The fourth-order valence-corrected chi connectivity index (χ4v) is 2.28. The second-order valence-electron chi connectivity index (χ2n) is 4.02. The first kappa shape index (κ1) is 13.4. The van der Waals surface area contributed by atoms with Crippen molar-refractivity contribution in [3.8, 4) is 0 Å². The van der Waals surface area contributed by atoms with E-state index in [4.69, 9.17) is 0 Å². The van der Waals surface area contributed by atoms with Gasteiger partial charge in [-0.15, -0.1) is 0 Å². The largest absolute Gasteiger partial charge is 0.618 e. The van der Waals surface area contributed by atoms with Crippen molar-refractivity contribution in [3.63, 3.8) is 0 Å². The van der Waals surface area contributed by atoms with Crippen LogP contribution in [0.1, 0.15) is 5.56 Å². The molecule has 2 rings (SSSR count). The molecule has 19 heavy (non-hydrogen) atoms. The van der Waals surface area contributed by atoms with Crippen molar-refractivity contribution in [1.82, 2.24) is 0 Å². The van der Waals surface area contributed by atoms with Crippen molar-refractivity contribution in [2.75, 3.05) is 11.1 Å². The van der Waals surface area contributed by atoms with Crippen molar-refractivity contribution in [1.29, 1.82) is 0 Å². The number of hydrogen-bond acceptors (Lipinski definition) is 3. The molecule has 2 aromatic rings. The molecule has 0 spiro atoms. The number of aryl methyl sites for hydroxylation is 1. The predicted octanol–water partition coefficient (Wildman–Crippen LogP) is 2.36. The quantitative estimate of drug-likeness (QED) is 0.529. The highest BCUT2D eigenvalue weighted by Crippen LogP contribution is 2.16. The van der Waals surface area contributed by atoms with E-state index in [-0.39, 0.29) is 11.7 Å². The lowest BCUT2D eigenvalue weighted by Crippen LogP contribution is -2.28. The van der Waals surface area contributed by atoms with Gasteiger partial charge in [0.25, 0.3) is 5.03 Å². The van der Waals surface area contributed by atoms with E-state index in [1.54, 1.807) is 18.2 Å². The summed E-state index contributed by atoms with van der Waals surface area (Å²) in [5, 5.41) is 14.8. The Labute approximate surface area is 116 Å². The van der Waals surface area contributed by atoms with E-state index in [1.807, 2.05) is 31.2 Å². The molecule has 1 heterocycles. The van der Waals surface area contributed by atoms with Crippen LogP contribution >= 0.6 is 11.8 Å². The number of rotatable bonds is 4. The molecule has 0 saturated heterocycles. The van der Waals surface area contributed by atoms with Gasteiger partial charge in [-0.1, -0.05) is 18.2 Å². The summed E-state index contributed by atoms with van der Waals surface area (Å²) in [6.45, 7) is 1.94. The minimum absolute atomic E-state index is 0.122. The third-order valence-corrected chi connectivity index (χ3v) is 3.58. The third-order valence-electron chi connectivity index (χ3n) is 2.56. The SMILES string of the molecule is Cc1ccccc1NC(=O)CSc1cccc[n+]1[O-]. The number of thioether (sulfide) groups is 1. The van der Waals surface area contributed by atoms with Crippen LogP contribution in [0.2, 0.25) is 0 Å². The van der Waals surface area contributed by atoms with Crippen LogP contribution < -0.4 is 10.0 Å². The molecule has 0 aliphatic carbocycles. The molecule has 0 aliphatic rings. The molecule has 0 atom stereocenters. The van der Waals surface area contributed by atoms with Crippen molar-refractivity contribution < 1.29 is 9.52 Å². The van der Waals surface area contributed by atoms with Crippen LogP contribution in [-0.4, -0.2) is 11.7 Å². The Morgan fingerprint density at radius 1 is 1.26 bits per heavy atom. The molecule has 1 N–H and O–H groups in total. The van der Waals surface area contributed by atoms with Crippen molar-refractivity contribution >= 4 is 23.4 Å². The fraction of sp³-hybridized carbons (Fsp3) is 0.143. The van der Waals surface area contributed by atoms with Crippen LogP contribution in [0.4, 0.5) is 5.69 Å². The van der Waals surface area contributed by atoms with Crippen molar-refractivity contribution in [3.05, 3.63) is 59.4 Å². The first-order valence-electron chi connectivity index (χ1n) is 5.83. The number of amides is 1. The molecule has 0 saturated carbocycles. The topological polar surface area (TPSA) is 56.0 Å². The molecule has 4 nitrogen and oxygen atoms in total. The third kappa shape index (κ3) is 3.72. The number of carbonyl (C=O) groups is 1. The number of benzene rings is 1. The zero-order chi connectivity index (χ0) is 13.7. The number of hydrogen-bond donors (Lipinski definition) is 1. The second kappa shape index (κ2) is 6.24. The van der Waals surface area contributed by atoms with Crippen LogP contribution in [0.25, 0.3) is 0 Å². The first-order valence-corrected chi connectivity index (χ1v) is 6.82. The molecule has 1 aromatic heterocycles. The zero-order valence-corrected chi connectivity index (χ0v) is 11.3. The molecule has 1 aromatic carbocycles. The van der Waals surface area contributed by atoms with Crippen LogP contribution in [0.5, 0.6) is 0 Å². The fourth-order valence-electron chi connectivity index (χ4n) is 1.56. The van der Waals surface area contributed by atoms with Crippen molar-refractivity contribution in [2.24, 2.45) is 0 Å². The van der Waals surface area contributed by atoms with Gasteiger partial charge < -0.3 is 10.5 Å². The Morgan fingerprint density at radius 3 is 2.74 bits per heavy atom. The maximum atomic E-state index is 11.8. The van der Waals surface area contributed by atoms with Crippen LogP contribution in [0, 0.1) is 12.1 Å². The van der Waals surface area contributed by atoms with Gasteiger partial charge in [-0.25, -0.2) is 0 Å². The average Bonchev–Trinajstić information content (AvgIpc) is 2.40. The smallest absolute Gasteiger partial charge is 0.251 e. The van der Waals surface area contributed by atoms with E-state index in [0.29, 0.717) is 5.03 Å². The van der Waals surface area contributed by atoms with Gasteiger partial charge in [0, 0.05) is 17.8 Å². The standard InChI is InChI=1S/C14H14N2O2S/c1-11-6-2-3-7-12(11)15-13(17)10-19-14-8-4-5-9-16(14)18/h2-9H,10H2,1H3,(H,15,17). The van der Waals surface area contributed by atoms with E-state index >= 15 is 0 Å². The molecular formula is C14H14N2O2S. The summed E-state index contributed by atoms with van der Waals surface area (Å²) in [4.78, 5) is 11.8. The van der Waals surface area contributed by atoms with Gasteiger partial charge in [-0.2, -0.15) is 4.73 Å². The Balaban J connectivity index is 1.92. The number of nitrogens with zero attached hydrogens (tertiary/aromatic N) is 1. The summed E-state index contributed by atoms with van der Waals surface area (Å²) in [7, 11) is 0. The molecule has 0 aliphatic heterocycles. The summed E-state index contributed by atoms with van der Waals surface area (Å²) in [6, 6.07) is 12.7. The van der Waals surface area contributed by atoms with Gasteiger partial charge in [0.1, 0.15) is 0 Å². The highest BCUT2D eigenvalue weighted by molar-refractivity contribution is 7.99. The average molecular weight is 274 g/mol. The van der Waals surface area contributed by atoms with E-state index in [9.17, 15) is 10.0 Å². The van der Waals surface area contributed by atoms with Crippen LogP contribution in [0.3, 0.4) is 0 Å². The molecule has 1 amide bonds. The molecule has 0 unspecified atom stereocenters. The zero-order valence-electron chi connectivity index (χ0n) is 10.5. The Kier molecular flexibility index (Phi) is 4.41. The lowest BCUT2D eigenvalue weighted by Gasteiger charge is -2.07. The summed E-state index contributed by atoms with van der Waals surface area (Å²) < 4.78 is 0.756. The van der Waals surface area contributed by atoms with Gasteiger partial charge in [0.05, 0.1) is 5.75 Å². The lowest BCUT2D eigenvalue weighted by atomic mass is 10.2. The highest BCUT2D eigenvalue weighted by atomic mass is 32.2. The summed E-state index contributed by atoms with van der Waals surface area (Å²) in [5.41, 5.74) is 1.82. The maximum Gasteiger partial charge on any atom is 0.251 e. The van der Waals surface area contributed by atoms with Gasteiger partial charge in [-0.3, -0.25) is 4.79 Å². The number of aromatic nitrogens is 1. The Bertz CT molecular complexity index is 587. The van der Waals surface area contributed by atoms with Crippen LogP contribution in [0.15, 0.2) is 53.7 Å². The Morgan fingerprint density at radius 2 is 2.00 bits per heavy atom. The number of carbonyl (C=O) groups excluding carboxylic acids is 1. The normalized spacial score (nSPS) is 10.2. The van der Waals surface area contributed by atoms with E-state index < -0.39 is 0 Å². The minimum atomic E-state index is -0.122. The number of pyridine rings is 1. The summed E-state index contributed by atoms with van der Waals surface area (Å²) >= 11 is 1.22. The van der Waals surface area contributed by atoms with Gasteiger partial charge in [0.15, 0.2) is 6.20 Å². The predicted molar refractivity (Wildman–Crippen MR) is 75.9 cm³/mol. The number of nitrogens with one attached hydrogen (secondary N) is 1. The second-order valence-corrected chi connectivity index (χ2v) is 5.01. The first-order chi connectivity index (χ1) is 9.16. The maximum absolute atomic E-state index is 11.8. The van der Waals surface area contributed by atoms with Gasteiger partial charge >= 0.3 is 0 Å². The molecular weight excluding hydrogens is 260 g/mol. The lowest BCUT2D eigenvalue weighted by molar-refractivity contribution is -0.645. The van der Waals surface area contributed by atoms with Gasteiger partial charge in [-0.05, 0) is 36.4 Å². The van der Waals surface area contributed by atoms with Gasteiger partial charge in [0.2, 0.25) is 5.91 Å². The van der Waals surface area contributed by atoms with E-state index in [0.717, 1.165) is 16.0 Å². The number of anilines is 1. The molecule has 0 bridgehead atoms. The highest BCUT2D eigenvalue weighted by Gasteiger charge is 2.09. The van der Waals surface area contributed by atoms with Crippen molar-refractivity contribution in [2.45, 2.75) is 11.9 Å². The number of para-hydroxylation sites is 1. The Hall–Kier alpha value is -2.01. The molecule has 0 radical (unpaired) electrons. The molecule has 98 valence electrons. The minimum Gasteiger partial charge on any atom is -0.618 e.